The quantitative estimate of drug-likeness (QED) is 0.729. The first-order chi connectivity index (χ1) is 7.20. The Bertz CT molecular complexity index is 273. The van der Waals surface area contributed by atoms with Gasteiger partial charge in [-0.05, 0) is 43.2 Å². The number of aromatic amines is 1. The van der Waals surface area contributed by atoms with Gasteiger partial charge in [-0.2, -0.15) is 0 Å². The third-order valence-electron chi connectivity index (χ3n) is 2.04. The first-order valence-corrected chi connectivity index (χ1v) is 6.35. The maximum atomic E-state index is 3.35. The van der Waals surface area contributed by atoms with E-state index in [9.17, 15) is 0 Å². The molecule has 1 aromatic rings. The van der Waals surface area contributed by atoms with E-state index in [1.807, 2.05) is 0 Å². The highest BCUT2D eigenvalue weighted by molar-refractivity contribution is 5.11. The van der Waals surface area contributed by atoms with Gasteiger partial charge >= 0.3 is 0 Å². The standard InChI is InChI=1S/C11H19N.C4H10/c1-9-5-6-10(12-9)7-8-11(2,3)4;1-4(2)3/h5-6,12H,7-8H2,1-4H3;4H,1-3H3. The third kappa shape index (κ3) is 9.82. The maximum Gasteiger partial charge on any atom is 0.0149 e. The van der Waals surface area contributed by atoms with Crippen LogP contribution in [0.3, 0.4) is 0 Å². The minimum atomic E-state index is 0.443. The number of hydrogen-bond acceptors (Lipinski definition) is 0. The molecule has 0 fully saturated rings. The fourth-order valence-corrected chi connectivity index (χ4v) is 1.22. The molecule has 0 atom stereocenters. The molecule has 1 rings (SSSR count). The van der Waals surface area contributed by atoms with E-state index in [0.717, 1.165) is 12.3 Å². The molecule has 1 heteroatoms. The first-order valence-electron chi connectivity index (χ1n) is 6.35. The van der Waals surface area contributed by atoms with Crippen molar-refractivity contribution in [2.24, 2.45) is 11.3 Å². The van der Waals surface area contributed by atoms with Gasteiger partial charge in [-0.15, -0.1) is 0 Å². The number of nitrogens with one attached hydrogen (secondary N) is 1. The van der Waals surface area contributed by atoms with E-state index in [4.69, 9.17) is 0 Å². The van der Waals surface area contributed by atoms with Crippen LogP contribution < -0.4 is 0 Å². The van der Waals surface area contributed by atoms with Crippen LogP contribution in [0.25, 0.3) is 0 Å². The molecule has 16 heavy (non-hydrogen) atoms. The van der Waals surface area contributed by atoms with Crippen molar-refractivity contribution in [2.75, 3.05) is 0 Å². The van der Waals surface area contributed by atoms with Crippen LogP contribution in [-0.2, 0) is 6.42 Å². The summed E-state index contributed by atoms with van der Waals surface area (Å²) in [6, 6.07) is 4.32. The Hall–Kier alpha value is -0.720. The SMILES string of the molecule is CC(C)C.Cc1ccc(CCC(C)(C)C)[nH]1. The molecular weight excluding hydrogens is 194 g/mol. The van der Waals surface area contributed by atoms with Gasteiger partial charge in [0, 0.05) is 11.4 Å². The van der Waals surface area contributed by atoms with Gasteiger partial charge in [0.25, 0.3) is 0 Å². The Balaban J connectivity index is 0.000000487. The zero-order valence-corrected chi connectivity index (χ0v) is 12.1. The summed E-state index contributed by atoms with van der Waals surface area (Å²) in [5.74, 6) is 0.833. The van der Waals surface area contributed by atoms with E-state index < -0.39 is 0 Å². The van der Waals surface area contributed by atoms with Crippen LogP contribution in [0.2, 0.25) is 0 Å². The summed E-state index contributed by atoms with van der Waals surface area (Å²) in [4.78, 5) is 3.35. The highest BCUT2D eigenvalue weighted by atomic mass is 14.7. The first kappa shape index (κ1) is 15.3. The van der Waals surface area contributed by atoms with Crippen molar-refractivity contribution < 1.29 is 0 Å². The van der Waals surface area contributed by atoms with E-state index in [-0.39, 0.29) is 0 Å². The summed E-state index contributed by atoms with van der Waals surface area (Å²) < 4.78 is 0. The van der Waals surface area contributed by atoms with Crippen molar-refractivity contribution in [1.29, 1.82) is 0 Å². The lowest BCUT2D eigenvalue weighted by atomic mass is 9.90. The second kappa shape index (κ2) is 6.78. The van der Waals surface area contributed by atoms with Gasteiger partial charge in [0.15, 0.2) is 0 Å². The van der Waals surface area contributed by atoms with E-state index in [0.29, 0.717) is 5.41 Å². The molecule has 94 valence electrons. The molecule has 1 heterocycles. The molecule has 0 spiro atoms. The topological polar surface area (TPSA) is 15.8 Å². The van der Waals surface area contributed by atoms with Crippen LogP contribution in [0.4, 0.5) is 0 Å². The Morgan fingerprint density at radius 3 is 1.94 bits per heavy atom. The molecule has 1 aromatic heterocycles. The number of rotatable bonds is 2. The maximum absolute atomic E-state index is 3.35. The lowest BCUT2D eigenvalue weighted by Gasteiger charge is -2.16. The average Bonchev–Trinajstić information content (AvgIpc) is 2.45. The summed E-state index contributed by atoms with van der Waals surface area (Å²) in [5, 5.41) is 0. The second-order valence-corrected chi connectivity index (χ2v) is 6.46. The molecule has 0 saturated heterocycles. The fourth-order valence-electron chi connectivity index (χ4n) is 1.22. The van der Waals surface area contributed by atoms with Crippen molar-refractivity contribution in [2.45, 2.75) is 61.3 Å². The van der Waals surface area contributed by atoms with Gasteiger partial charge in [0.05, 0.1) is 0 Å². The van der Waals surface area contributed by atoms with Crippen molar-refractivity contribution >= 4 is 0 Å². The molecule has 0 aromatic carbocycles. The van der Waals surface area contributed by atoms with Crippen LogP contribution in [0.5, 0.6) is 0 Å². The van der Waals surface area contributed by atoms with E-state index in [1.54, 1.807) is 0 Å². The van der Waals surface area contributed by atoms with Gasteiger partial charge in [0.2, 0.25) is 0 Å². The van der Waals surface area contributed by atoms with Gasteiger partial charge in [-0.3, -0.25) is 0 Å². The fraction of sp³-hybridized carbons (Fsp3) is 0.733. The molecule has 0 aliphatic carbocycles. The van der Waals surface area contributed by atoms with Gasteiger partial charge in [-0.1, -0.05) is 41.5 Å². The van der Waals surface area contributed by atoms with Crippen molar-refractivity contribution in [1.82, 2.24) is 4.98 Å². The highest BCUT2D eigenvalue weighted by Gasteiger charge is 2.09. The monoisotopic (exact) mass is 223 g/mol. The highest BCUT2D eigenvalue weighted by Crippen LogP contribution is 2.20. The Labute approximate surface area is 102 Å². The van der Waals surface area contributed by atoms with Crippen LogP contribution in [0.15, 0.2) is 12.1 Å². The second-order valence-electron chi connectivity index (χ2n) is 6.46. The average molecular weight is 223 g/mol. The molecule has 0 saturated carbocycles. The minimum Gasteiger partial charge on any atom is -0.363 e. The summed E-state index contributed by atoms with van der Waals surface area (Å²) >= 11 is 0. The molecular formula is C15H29N. The summed E-state index contributed by atoms with van der Waals surface area (Å²) in [6.45, 7) is 15.4. The number of hydrogen-bond donors (Lipinski definition) is 1. The predicted molar refractivity (Wildman–Crippen MR) is 73.8 cm³/mol. The summed E-state index contributed by atoms with van der Waals surface area (Å²) in [7, 11) is 0. The Kier molecular flexibility index (Phi) is 6.47. The van der Waals surface area contributed by atoms with Crippen LogP contribution >= 0.6 is 0 Å². The predicted octanol–water partition coefficient (Wildman–Crippen LogP) is 4.96. The molecule has 0 radical (unpaired) electrons. The molecule has 0 unspecified atom stereocenters. The molecule has 0 aliphatic rings. The smallest absolute Gasteiger partial charge is 0.0149 e. The van der Waals surface area contributed by atoms with Gasteiger partial charge in [0.1, 0.15) is 0 Å². The third-order valence-corrected chi connectivity index (χ3v) is 2.04. The molecule has 0 amide bonds. The zero-order chi connectivity index (χ0) is 12.8. The van der Waals surface area contributed by atoms with E-state index in [1.165, 1.54) is 17.8 Å². The summed E-state index contributed by atoms with van der Waals surface area (Å²) in [6.07, 6.45) is 2.41. The molecule has 0 aliphatic heterocycles. The van der Waals surface area contributed by atoms with Crippen LogP contribution in [0, 0.1) is 18.3 Å². The largest absolute Gasteiger partial charge is 0.363 e. The van der Waals surface area contributed by atoms with E-state index >= 15 is 0 Å². The van der Waals surface area contributed by atoms with Crippen LogP contribution in [-0.4, -0.2) is 4.98 Å². The number of H-pyrrole nitrogens is 1. The Morgan fingerprint density at radius 2 is 1.62 bits per heavy atom. The normalized spacial score (nSPS) is 11.2. The lowest BCUT2D eigenvalue weighted by Crippen LogP contribution is -2.06. The molecule has 1 N–H and O–H groups in total. The van der Waals surface area contributed by atoms with Gasteiger partial charge < -0.3 is 4.98 Å². The number of aryl methyl sites for hydroxylation is 2. The summed E-state index contributed by atoms with van der Waals surface area (Å²) in [5.41, 5.74) is 3.07. The Morgan fingerprint density at radius 1 is 1.12 bits per heavy atom. The number of aromatic nitrogens is 1. The molecule has 0 bridgehead atoms. The zero-order valence-electron chi connectivity index (χ0n) is 12.1. The van der Waals surface area contributed by atoms with Gasteiger partial charge in [-0.25, -0.2) is 0 Å². The van der Waals surface area contributed by atoms with Crippen molar-refractivity contribution in [3.8, 4) is 0 Å². The van der Waals surface area contributed by atoms with Crippen molar-refractivity contribution in [3.05, 3.63) is 23.5 Å². The molecule has 1 nitrogen and oxygen atoms in total. The van der Waals surface area contributed by atoms with Crippen LogP contribution in [0.1, 0.15) is 59.4 Å². The minimum absolute atomic E-state index is 0.443. The van der Waals surface area contributed by atoms with E-state index in [2.05, 4.69) is 65.6 Å². The van der Waals surface area contributed by atoms with Crippen molar-refractivity contribution in [3.63, 3.8) is 0 Å². The lowest BCUT2D eigenvalue weighted by molar-refractivity contribution is 0.376.